The van der Waals surface area contributed by atoms with Crippen molar-refractivity contribution in [3.63, 3.8) is 0 Å². The summed E-state index contributed by atoms with van der Waals surface area (Å²) in [5, 5.41) is 5.39. The van der Waals surface area contributed by atoms with Gasteiger partial charge in [0.1, 0.15) is 12.2 Å². The number of carbonyl (C=O) groups is 2. The Labute approximate surface area is 113 Å². The quantitative estimate of drug-likeness (QED) is 0.817. The zero-order valence-corrected chi connectivity index (χ0v) is 11.7. The third kappa shape index (κ3) is 5.90. The third-order valence-electron chi connectivity index (χ3n) is 2.19. The highest BCUT2D eigenvalue weighted by Crippen LogP contribution is 2.16. The molecular formula is C14H20N2O3. The molecule has 1 aromatic carbocycles. The van der Waals surface area contributed by atoms with E-state index in [1.54, 1.807) is 31.4 Å². The van der Waals surface area contributed by atoms with E-state index in [2.05, 4.69) is 10.6 Å². The molecule has 0 atom stereocenters. The Bertz CT molecular complexity index is 464. The zero-order chi connectivity index (χ0) is 14.5. The molecule has 104 valence electrons. The fraction of sp³-hybridized carbons (Fsp3) is 0.429. The summed E-state index contributed by atoms with van der Waals surface area (Å²) in [6.07, 6.45) is -0.200. The zero-order valence-electron chi connectivity index (χ0n) is 11.7. The molecule has 2 N–H and O–H groups in total. The van der Waals surface area contributed by atoms with E-state index >= 15 is 0 Å². The number of benzene rings is 1. The maximum atomic E-state index is 11.7. The Hall–Kier alpha value is -2.04. The van der Waals surface area contributed by atoms with E-state index in [1.807, 2.05) is 20.8 Å². The van der Waals surface area contributed by atoms with E-state index in [9.17, 15) is 9.59 Å². The van der Waals surface area contributed by atoms with E-state index in [1.165, 1.54) is 0 Å². The molecule has 1 rings (SSSR count). The first-order valence-corrected chi connectivity index (χ1v) is 6.05. The lowest BCUT2D eigenvalue weighted by atomic mass is 10.1. The van der Waals surface area contributed by atoms with Crippen LogP contribution in [0, 0.1) is 0 Å². The van der Waals surface area contributed by atoms with Gasteiger partial charge >= 0.3 is 0 Å². The lowest BCUT2D eigenvalue weighted by molar-refractivity contribution is -0.127. The molecule has 2 amide bonds. The Kier molecular flexibility index (Phi) is 4.92. The van der Waals surface area contributed by atoms with Crippen molar-refractivity contribution < 1.29 is 14.3 Å². The van der Waals surface area contributed by atoms with Gasteiger partial charge in [0.05, 0.1) is 7.11 Å². The van der Waals surface area contributed by atoms with Crippen molar-refractivity contribution in [3.05, 3.63) is 24.3 Å². The van der Waals surface area contributed by atoms with E-state index in [4.69, 9.17) is 4.74 Å². The van der Waals surface area contributed by atoms with Crippen LogP contribution in [0.5, 0.6) is 5.75 Å². The molecule has 0 aliphatic rings. The van der Waals surface area contributed by atoms with Crippen molar-refractivity contribution in [1.82, 2.24) is 5.32 Å². The standard InChI is InChI=1S/C14H20N2O3/c1-14(2,3)16-13(18)9-12(17)15-10-6-5-7-11(8-10)19-4/h5-8H,9H2,1-4H3,(H,15,17)(H,16,18). The number of carbonyl (C=O) groups excluding carboxylic acids is 2. The highest BCUT2D eigenvalue weighted by Gasteiger charge is 2.16. The number of methoxy groups -OCH3 is 1. The number of ether oxygens (including phenoxy) is 1. The predicted molar refractivity (Wildman–Crippen MR) is 74.1 cm³/mol. The number of anilines is 1. The lowest BCUT2D eigenvalue weighted by Gasteiger charge is -2.20. The van der Waals surface area contributed by atoms with Crippen LogP contribution in [0.4, 0.5) is 5.69 Å². The maximum absolute atomic E-state index is 11.7. The van der Waals surface area contributed by atoms with Gasteiger partial charge in [-0.1, -0.05) is 6.07 Å². The van der Waals surface area contributed by atoms with Gasteiger partial charge in [-0.3, -0.25) is 9.59 Å². The van der Waals surface area contributed by atoms with Crippen molar-refractivity contribution >= 4 is 17.5 Å². The molecule has 0 aromatic heterocycles. The summed E-state index contributed by atoms with van der Waals surface area (Å²) >= 11 is 0. The van der Waals surface area contributed by atoms with Gasteiger partial charge in [0.15, 0.2) is 0 Å². The predicted octanol–water partition coefficient (Wildman–Crippen LogP) is 1.94. The van der Waals surface area contributed by atoms with E-state index in [0.717, 1.165) is 0 Å². The fourth-order valence-corrected chi connectivity index (χ4v) is 1.51. The minimum Gasteiger partial charge on any atom is -0.497 e. The SMILES string of the molecule is COc1cccc(NC(=O)CC(=O)NC(C)(C)C)c1. The van der Waals surface area contributed by atoms with Crippen LogP contribution in [0.25, 0.3) is 0 Å². The minimum atomic E-state index is -0.352. The maximum Gasteiger partial charge on any atom is 0.233 e. The van der Waals surface area contributed by atoms with Crippen LogP contribution in [0.1, 0.15) is 27.2 Å². The van der Waals surface area contributed by atoms with Crippen LogP contribution in [0.15, 0.2) is 24.3 Å². The first-order valence-electron chi connectivity index (χ1n) is 6.05. The van der Waals surface area contributed by atoms with Crippen LogP contribution in [-0.2, 0) is 9.59 Å². The Morgan fingerprint density at radius 3 is 2.47 bits per heavy atom. The summed E-state index contributed by atoms with van der Waals surface area (Å²) in [4.78, 5) is 23.3. The molecule has 1 aromatic rings. The van der Waals surface area contributed by atoms with Crippen LogP contribution >= 0.6 is 0 Å². The summed E-state index contributed by atoms with van der Waals surface area (Å²) < 4.78 is 5.05. The largest absolute Gasteiger partial charge is 0.497 e. The topological polar surface area (TPSA) is 67.4 Å². The molecule has 0 radical (unpaired) electrons. The van der Waals surface area contributed by atoms with Gasteiger partial charge in [-0.05, 0) is 32.9 Å². The molecule has 0 saturated carbocycles. The van der Waals surface area contributed by atoms with Crippen molar-refractivity contribution in [1.29, 1.82) is 0 Å². The lowest BCUT2D eigenvalue weighted by Crippen LogP contribution is -2.41. The molecular weight excluding hydrogens is 244 g/mol. The van der Waals surface area contributed by atoms with Crippen molar-refractivity contribution in [2.24, 2.45) is 0 Å². The monoisotopic (exact) mass is 264 g/mol. The number of amides is 2. The normalized spacial score (nSPS) is 10.7. The summed E-state index contributed by atoms with van der Waals surface area (Å²) in [6, 6.07) is 6.98. The molecule has 5 heteroatoms. The highest BCUT2D eigenvalue weighted by molar-refractivity contribution is 6.03. The molecule has 0 fully saturated rings. The summed E-state index contributed by atoms with van der Waals surface area (Å²) in [7, 11) is 1.55. The molecule has 19 heavy (non-hydrogen) atoms. The van der Waals surface area contributed by atoms with Gasteiger partial charge < -0.3 is 15.4 Å². The number of hydrogen-bond donors (Lipinski definition) is 2. The minimum absolute atomic E-state index is 0.200. The molecule has 0 spiro atoms. The molecule has 0 bridgehead atoms. The second-order valence-corrected chi connectivity index (χ2v) is 5.26. The van der Waals surface area contributed by atoms with Crippen molar-refractivity contribution in [2.45, 2.75) is 32.7 Å². The molecule has 0 heterocycles. The molecule has 0 saturated heterocycles. The average Bonchev–Trinajstić information content (AvgIpc) is 2.26. The molecule has 0 aliphatic carbocycles. The average molecular weight is 264 g/mol. The van der Waals surface area contributed by atoms with Crippen molar-refractivity contribution in [2.75, 3.05) is 12.4 Å². The van der Waals surface area contributed by atoms with E-state index < -0.39 is 0 Å². The second-order valence-electron chi connectivity index (χ2n) is 5.26. The summed E-state index contributed by atoms with van der Waals surface area (Å²) in [5.41, 5.74) is 0.265. The summed E-state index contributed by atoms with van der Waals surface area (Å²) in [5.74, 6) is -0.000146. The van der Waals surface area contributed by atoms with Crippen LogP contribution in [0.3, 0.4) is 0 Å². The summed E-state index contributed by atoms with van der Waals surface area (Å²) in [6.45, 7) is 5.60. The number of rotatable bonds is 4. The second kappa shape index (κ2) is 6.22. The Balaban J connectivity index is 2.53. The van der Waals surface area contributed by atoms with Gasteiger partial charge in [0.25, 0.3) is 0 Å². The third-order valence-corrected chi connectivity index (χ3v) is 2.19. The van der Waals surface area contributed by atoms with E-state index in [0.29, 0.717) is 11.4 Å². The van der Waals surface area contributed by atoms with Crippen LogP contribution < -0.4 is 15.4 Å². The van der Waals surface area contributed by atoms with Crippen LogP contribution in [0.2, 0.25) is 0 Å². The number of nitrogens with one attached hydrogen (secondary N) is 2. The van der Waals surface area contributed by atoms with Gasteiger partial charge in [-0.15, -0.1) is 0 Å². The molecule has 0 unspecified atom stereocenters. The number of hydrogen-bond acceptors (Lipinski definition) is 3. The fourth-order valence-electron chi connectivity index (χ4n) is 1.51. The highest BCUT2D eigenvalue weighted by atomic mass is 16.5. The Morgan fingerprint density at radius 1 is 1.21 bits per heavy atom. The molecule has 0 aliphatic heterocycles. The van der Waals surface area contributed by atoms with Crippen LogP contribution in [-0.4, -0.2) is 24.5 Å². The van der Waals surface area contributed by atoms with Gasteiger partial charge in [-0.2, -0.15) is 0 Å². The van der Waals surface area contributed by atoms with Crippen molar-refractivity contribution in [3.8, 4) is 5.75 Å². The first-order chi connectivity index (χ1) is 8.80. The first kappa shape index (κ1) is 15.0. The smallest absolute Gasteiger partial charge is 0.233 e. The van der Waals surface area contributed by atoms with Gasteiger partial charge in [0.2, 0.25) is 11.8 Å². The van der Waals surface area contributed by atoms with Gasteiger partial charge in [0, 0.05) is 17.3 Å². The van der Waals surface area contributed by atoms with E-state index in [-0.39, 0.29) is 23.8 Å². The Morgan fingerprint density at radius 2 is 1.89 bits per heavy atom. The molecule has 5 nitrogen and oxygen atoms in total. The van der Waals surface area contributed by atoms with Gasteiger partial charge in [-0.25, -0.2) is 0 Å².